The first-order valence-corrected chi connectivity index (χ1v) is 15.0. The molecule has 60 heavy (non-hydrogen) atoms. The van der Waals surface area contributed by atoms with Crippen molar-refractivity contribution in [2.24, 2.45) is 5.41 Å². The number of ether oxygens (including phenoxy) is 2. The van der Waals surface area contributed by atoms with Crippen molar-refractivity contribution in [1.82, 2.24) is 0 Å². The molecule has 0 aliphatic heterocycles. The molecule has 0 saturated heterocycles. The smallest absolute Gasteiger partial charge is 0.434 e. The molecule has 3 atom stereocenters. The van der Waals surface area contributed by atoms with E-state index in [2.05, 4.69) is 9.47 Å². The number of alkyl halides is 17. The van der Waals surface area contributed by atoms with E-state index in [4.69, 9.17) is 0 Å². The van der Waals surface area contributed by atoms with Crippen molar-refractivity contribution in [2.75, 3.05) is 0 Å². The zero-order valence-corrected chi connectivity index (χ0v) is 28.1. The fourth-order valence-corrected chi connectivity index (χ4v) is 5.39. The number of carbonyl (C=O) groups is 2. The van der Waals surface area contributed by atoms with E-state index in [-0.39, 0.29) is 100 Å². The Balaban J connectivity index is -0.00000168. The summed E-state index contributed by atoms with van der Waals surface area (Å²) in [6, 6.07) is 0.490. The standard InChI is InChI=1S/C32H29F17O5.6CH4/c1-6-24(29(38,39)40,22(51)54-23(3,4)5)28(36,37)25(30(41,42)43,53-21(50)18-9-13-20(14-10-18)27(33,34)35)15-16(2)17-7-11-19(12-8-17)26(52,31(44,45)46)32(47,48)49;;;;;;/h7-14,16,52H,6,15H2,1-5H3;6*1H4. The SMILES string of the molecule is C.C.C.C.C.C.CCC(C(=O)OC(C)(C)C)(C(F)(F)F)C(F)(F)C(CC(C)c1ccc(C(O)(C(F)(F)F)C(F)(F)F)cc1)(OC(=O)c1ccc(C(F)(F)F)cc1)C(F)(F)F. The molecule has 0 spiro atoms. The quantitative estimate of drug-likeness (QED) is 0.190. The van der Waals surface area contributed by atoms with Gasteiger partial charge in [0.1, 0.15) is 5.60 Å². The van der Waals surface area contributed by atoms with Gasteiger partial charge in [0.05, 0.1) is 11.1 Å². The van der Waals surface area contributed by atoms with E-state index in [1.165, 1.54) is 0 Å². The Morgan fingerprint density at radius 1 is 0.583 bits per heavy atom. The van der Waals surface area contributed by atoms with Crippen LogP contribution in [-0.2, 0) is 26.0 Å². The van der Waals surface area contributed by atoms with Crippen LogP contribution in [0.5, 0.6) is 0 Å². The van der Waals surface area contributed by atoms with Crippen molar-refractivity contribution >= 4 is 11.9 Å². The summed E-state index contributed by atoms with van der Waals surface area (Å²) in [5, 5.41) is 9.61. The van der Waals surface area contributed by atoms with Crippen LogP contribution < -0.4 is 0 Å². The summed E-state index contributed by atoms with van der Waals surface area (Å²) in [6.07, 6.45) is -36.4. The van der Waals surface area contributed by atoms with E-state index in [0.29, 0.717) is 6.92 Å². The highest BCUT2D eigenvalue weighted by molar-refractivity contribution is 5.90. The maximum Gasteiger partial charge on any atom is 0.434 e. The summed E-state index contributed by atoms with van der Waals surface area (Å²) >= 11 is 0. The Kier molecular flexibility index (Phi) is 22.1. The van der Waals surface area contributed by atoms with Gasteiger partial charge in [0.15, 0.2) is 0 Å². The predicted molar refractivity (Wildman–Crippen MR) is 191 cm³/mol. The van der Waals surface area contributed by atoms with Gasteiger partial charge in [-0.05, 0) is 62.9 Å². The van der Waals surface area contributed by atoms with Gasteiger partial charge in [0.25, 0.3) is 11.2 Å². The third-order valence-electron chi connectivity index (χ3n) is 8.29. The first-order valence-electron chi connectivity index (χ1n) is 15.0. The van der Waals surface area contributed by atoms with Crippen LogP contribution in [0.15, 0.2) is 48.5 Å². The van der Waals surface area contributed by atoms with Crippen LogP contribution in [0.1, 0.15) is 125 Å². The molecule has 0 aliphatic carbocycles. The minimum absolute atomic E-state index is 0. The lowest BCUT2D eigenvalue weighted by Crippen LogP contribution is -2.73. The summed E-state index contributed by atoms with van der Waals surface area (Å²) < 4.78 is 252. The number of carbonyl (C=O) groups excluding carboxylic acids is 2. The third-order valence-corrected chi connectivity index (χ3v) is 8.29. The number of hydrogen-bond donors (Lipinski definition) is 1. The lowest BCUT2D eigenvalue weighted by Gasteiger charge is -2.49. The van der Waals surface area contributed by atoms with E-state index in [1.807, 2.05) is 0 Å². The van der Waals surface area contributed by atoms with Gasteiger partial charge in [-0.3, -0.25) is 4.79 Å². The fraction of sp³-hybridized carbons (Fsp3) is 0.632. The van der Waals surface area contributed by atoms with Crippen LogP contribution in [0, 0.1) is 5.41 Å². The number of halogens is 17. The van der Waals surface area contributed by atoms with Crippen molar-refractivity contribution in [2.45, 2.75) is 152 Å². The molecule has 0 radical (unpaired) electrons. The average molecular weight is 913 g/mol. The van der Waals surface area contributed by atoms with E-state index in [9.17, 15) is 67.4 Å². The van der Waals surface area contributed by atoms with Crippen LogP contribution >= 0.6 is 0 Å². The topological polar surface area (TPSA) is 72.8 Å². The molecule has 1 N–H and O–H groups in total. The maximum absolute atomic E-state index is 16.9. The van der Waals surface area contributed by atoms with Crippen molar-refractivity contribution in [3.63, 3.8) is 0 Å². The fourth-order valence-electron chi connectivity index (χ4n) is 5.39. The third kappa shape index (κ3) is 11.7. The lowest BCUT2D eigenvalue weighted by atomic mass is 9.67. The Bertz CT molecular complexity index is 1620. The normalized spacial score (nSPS) is 15.2. The second kappa shape index (κ2) is 20.3. The van der Waals surface area contributed by atoms with Gasteiger partial charge < -0.3 is 14.6 Å². The first kappa shape index (κ1) is 65.3. The second-order valence-corrected chi connectivity index (χ2v) is 13.1. The van der Waals surface area contributed by atoms with Crippen LogP contribution in [0.25, 0.3) is 0 Å². The van der Waals surface area contributed by atoms with Gasteiger partial charge in [-0.1, -0.05) is 82.7 Å². The minimum Gasteiger partial charge on any atom is -0.459 e. The van der Waals surface area contributed by atoms with E-state index < -0.39 is 112 Å². The molecule has 0 bridgehead atoms. The summed E-state index contributed by atoms with van der Waals surface area (Å²) in [5.41, 5.74) is -24.8. The zero-order chi connectivity index (χ0) is 42.5. The Labute approximate surface area is 338 Å². The second-order valence-electron chi connectivity index (χ2n) is 13.1. The van der Waals surface area contributed by atoms with Crippen LogP contribution in [0.4, 0.5) is 74.6 Å². The van der Waals surface area contributed by atoms with Crippen molar-refractivity contribution < 1.29 is 98.8 Å². The number of benzene rings is 2. The highest BCUT2D eigenvalue weighted by atomic mass is 19.4. The van der Waals surface area contributed by atoms with E-state index in [0.717, 1.165) is 20.8 Å². The Morgan fingerprint density at radius 2 is 0.967 bits per heavy atom. The molecule has 0 amide bonds. The molecule has 0 heterocycles. The average Bonchev–Trinajstić information content (AvgIpc) is 2.96. The van der Waals surface area contributed by atoms with Crippen molar-refractivity contribution in [3.05, 3.63) is 70.8 Å². The molecule has 3 unspecified atom stereocenters. The van der Waals surface area contributed by atoms with Gasteiger partial charge in [0, 0.05) is 12.0 Å². The molecule has 2 aromatic rings. The predicted octanol–water partition coefficient (Wildman–Crippen LogP) is 14.4. The van der Waals surface area contributed by atoms with E-state index >= 15 is 22.0 Å². The Morgan fingerprint density at radius 3 is 1.27 bits per heavy atom. The Hall–Kier alpha value is -3.85. The molecular formula is C38H53F17O5. The largest absolute Gasteiger partial charge is 0.459 e. The number of hydrogen-bond acceptors (Lipinski definition) is 5. The summed E-state index contributed by atoms with van der Waals surface area (Å²) in [6.45, 7) is 3.25. The maximum atomic E-state index is 16.9. The highest BCUT2D eigenvalue weighted by Crippen LogP contribution is 2.63. The molecule has 2 aromatic carbocycles. The van der Waals surface area contributed by atoms with Crippen molar-refractivity contribution in [3.8, 4) is 0 Å². The van der Waals surface area contributed by atoms with Crippen molar-refractivity contribution in [1.29, 1.82) is 0 Å². The molecule has 0 aliphatic rings. The van der Waals surface area contributed by atoms with Gasteiger partial charge in [-0.15, -0.1) is 0 Å². The number of esters is 2. The molecule has 22 heteroatoms. The summed E-state index contributed by atoms with van der Waals surface area (Å²) in [5.74, 6) is -14.7. The number of rotatable bonds is 10. The minimum atomic E-state index is -6.87. The van der Waals surface area contributed by atoms with E-state index in [1.54, 1.807) is 0 Å². The summed E-state index contributed by atoms with van der Waals surface area (Å²) in [7, 11) is 0. The van der Waals surface area contributed by atoms with Gasteiger partial charge in [-0.25, -0.2) is 13.6 Å². The zero-order valence-electron chi connectivity index (χ0n) is 28.1. The molecule has 354 valence electrons. The van der Waals surface area contributed by atoms with Gasteiger partial charge >= 0.3 is 48.7 Å². The molecule has 5 nitrogen and oxygen atoms in total. The molecule has 2 rings (SSSR count). The van der Waals surface area contributed by atoms with Crippen LogP contribution in [-0.4, -0.2) is 58.9 Å². The number of aliphatic hydroxyl groups is 1. The summed E-state index contributed by atoms with van der Waals surface area (Å²) in [4.78, 5) is 26.1. The highest BCUT2D eigenvalue weighted by Gasteiger charge is 2.87. The van der Waals surface area contributed by atoms with Crippen LogP contribution in [0.3, 0.4) is 0 Å². The van der Waals surface area contributed by atoms with Gasteiger partial charge in [-0.2, -0.15) is 65.9 Å². The molecule has 0 aromatic heterocycles. The molecule has 0 saturated carbocycles. The molecule has 0 fully saturated rings. The van der Waals surface area contributed by atoms with Gasteiger partial charge in [0.2, 0.25) is 5.41 Å². The molecular weight excluding hydrogens is 859 g/mol. The van der Waals surface area contributed by atoms with Crippen LogP contribution in [0.2, 0.25) is 0 Å². The lowest BCUT2D eigenvalue weighted by molar-refractivity contribution is -0.390. The monoisotopic (exact) mass is 912 g/mol. The first-order chi connectivity index (χ1) is 23.9.